The average Bonchev–Trinajstić information content (AvgIpc) is 3.59. The van der Waals surface area contributed by atoms with Gasteiger partial charge in [-0.1, -0.05) is 0 Å². The first-order valence-corrected chi connectivity index (χ1v) is 11.8. The summed E-state index contributed by atoms with van der Waals surface area (Å²) in [7, 11) is 1.55. The summed E-state index contributed by atoms with van der Waals surface area (Å²) in [6.07, 6.45) is 7.59. The summed E-state index contributed by atoms with van der Waals surface area (Å²) in [4.78, 5) is 14.2. The molecule has 0 amide bonds. The van der Waals surface area contributed by atoms with Crippen molar-refractivity contribution in [1.29, 1.82) is 0 Å². The van der Waals surface area contributed by atoms with Crippen molar-refractivity contribution in [3.05, 3.63) is 65.4 Å². The van der Waals surface area contributed by atoms with Crippen molar-refractivity contribution in [1.82, 2.24) is 24.7 Å². The van der Waals surface area contributed by atoms with Crippen LogP contribution in [0.2, 0.25) is 0 Å². The molecule has 1 saturated heterocycles. The fourth-order valence-electron chi connectivity index (χ4n) is 4.74. The van der Waals surface area contributed by atoms with Crippen molar-refractivity contribution < 1.29 is 18.3 Å². The zero-order chi connectivity index (χ0) is 24.1. The summed E-state index contributed by atoms with van der Waals surface area (Å²) >= 11 is 0. The Bertz CT molecular complexity index is 1420. The van der Waals surface area contributed by atoms with Gasteiger partial charge in [0, 0.05) is 41.3 Å². The number of rotatable bonds is 5. The maximum absolute atomic E-state index is 14.9. The predicted molar refractivity (Wildman–Crippen MR) is 125 cm³/mol. The molecule has 7 nitrogen and oxygen atoms in total. The van der Waals surface area contributed by atoms with Gasteiger partial charge in [-0.3, -0.25) is 4.68 Å². The van der Waals surface area contributed by atoms with Crippen LogP contribution in [0.15, 0.2) is 36.7 Å². The van der Waals surface area contributed by atoms with Crippen LogP contribution in [0.25, 0.3) is 22.3 Å². The first-order valence-electron chi connectivity index (χ1n) is 11.8. The van der Waals surface area contributed by atoms with Gasteiger partial charge in [-0.15, -0.1) is 0 Å². The molecule has 9 heteroatoms. The number of benzene rings is 1. The summed E-state index contributed by atoms with van der Waals surface area (Å²) < 4.78 is 42.0. The summed E-state index contributed by atoms with van der Waals surface area (Å²) in [6.45, 7) is 2.39. The minimum Gasteiger partial charge on any atom is -0.495 e. The van der Waals surface area contributed by atoms with Gasteiger partial charge in [0.25, 0.3) is 0 Å². The first-order chi connectivity index (χ1) is 17.0. The SMILES string of the molecule is COc1cc2c(-c3ccc(F)cc3F)nc([C@@H]3CCO[C@@H](c4cnn(C5CC5)c4)C3)nc2nc1C. The highest BCUT2D eigenvalue weighted by molar-refractivity contribution is 5.91. The molecule has 3 aromatic heterocycles. The first kappa shape index (κ1) is 22.0. The average molecular weight is 478 g/mol. The second-order valence-electron chi connectivity index (χ2n) is 9.27. The van der Waals surface area contributed by atoms with E-state index in [9.17, 15) is 8.78 Å². The molecule has 35 heavy (non-hydrogen) atoms. The van der Waals surface area contributed by atoms with Crippen LogP contribution in [0.5, 0.6) is 5.75 Å². The van der Waals surface area contributed by atoms with Crippen molar-refractivity contribution >= 4 is 11.0 Å². The maximum Gasteiger partial charge on any atom is 0.163 e. The van der Waals surface area contributed by atoms with Crippen molar-refractivity contribution in [2.75, 3.05) is 13.7 Å². The Hall–Kier alpha value is -3.46. The van der Waals surface area contributed by atoms with E-state index in [-0.39, 0.29) is 17.6 Å². The van der Waals surface area contributed by atoms with Crippen molar-refractivity contribution in [2.45, 2.75) is 50.7 Å². The number of hydrogen-bond donors (Lipinski definition) is 0. The zero-order valence-electron chi connectivity index (χ0n) is 19.5. The van der Waals surface area contributed by atoms with Gasteiger partial charge in [0.2, 0.25) is 0 Å². The second kappa shape index (κ2) is 8.64. The van der Waals surface area contributed by atoms with E-state index < -0.39 is 11.6 Å². The van der Waals surface area contributed by atoms with E-state index in [2.05, 4.69) is 16.3 Å². The number of pyridine rings is 1. The molecule has 0 N–H and O–H groups in total. The minimum atomic E-state index is -0.687. The molecule has 1 saturated carbocycles. The van der Waals surface area contributed by atoms with E-state index in [1.807, 2.05) is 17.8 Å². The van der Waals surface area contributed by atoms with E-state index in [0.29, 0.717) is 53.1 Å². The molecular weight excluding hydrogens is 452 g/mol. The number of aromatic nitrogens is 5. The van der Waals surface area contributed by atoms with Crippen molar-refractivity contribution in [3.63, 3.8) is 0 Å². The van der Waals surface area contributed by atoms with Crippen LogP contribution in [0.3, 0.4) is 0 Å². The van der Waals surface area contributed by atoms with Crippen LogP contribution in [0, 0.1) is 18.6 Å². The lowest BCUT2D eigenvalue weighted by atomic mass is 9.92. The Balaban J connectivity index is 1.42. The third-order valence-corrected chi connectivity index (χ3v) is 6.82. The van der Waals surface area contributed by atoms with Gasteiger partial charge in [-0.2, -0.15) is 5.10 Å². The van der Waals surface area contributed by atoms with Crippen LogP contribution in [-0.2, 0) is 4.74 Å². The molecule has 180 valence electrons. The lowest BCUT2D eigenvalue weighted by Crippen LogP contribution is -2.20. The summed E-state index contributed by atoms with van der Waals surface area (Å²) in [5, 5.41) is 5.05. The molecule has 1 aliphatic heterocycles. The Morgan fingerprint density at radius 2 is 1.94 bits per heavy atom. The third kappa shape index (κ3) is 4.14. The fourth-order valence-corrected chi connectivity index (χ4v) is 4.74. The van der Waals surface area contributed by atoms with E-state index in [0.717, 1.165) is 18.1 Å². The largest absolute Gasteiger partial charge is 0.495 e. The Morgan fingerprint density at radius 3 is 2.71 bits per heavy atom. The molecule has 2 atom stereocenters. The molecular formula is C26H25F2N5O2. The quantitative estimate of drug-likeness (QED) is 0.380. The predicted octanol–water partition coefficient (Wildman–Crippen LogP) is 5.45. The molecule has 0 radical (unpaired) electrons. The monoisotopic (exact) mass is 477 g/mol. The van der Waals surface area contributed by atoms with Crippen LogP contribution < -0.4 is 4.74 Å². The van der Waals surface area contributed by atoms with Crippen LogP contribution >= 0.6 is 0 Å². The van der Waals surface area contributed by atoms with Crippen LogP contribution in [0.1, 0.15) is 60.8 Å². The van der Waals surface area contributed by atoms with E-state index in [1.54, 1.807) is 13.2 Å². The topological polar surface area (TPSA) is 75.0 Å². The number of fused-ring (bicyclic) bond motifs is 1. The Morgan fingerprint density at radius 1 is 1.09 bits per heavy atom. The van der Waals surface area contributed by atoms with Crippen molar-refractivity contribution in [3.8, 4) is 17.0 Å². The number of aryl methyl sites for hydroxylation is 1. The van der Waals surface area contributed by atoms with E-state index in [4.69, 9.17) is 19.4 Å². The molecule has 1 aliphatic carbocycles. The molecule has 2 aliphatic rings. The van der Waals surface area contributed by atoms with Gasteiger partial charge in [-0.05, 0) is 50.8 Å². The molecule has 2 fully saturated rings. The summed E-state index contributed by atoms with van der Waals surface area (Å²) in [5.74, 6) is -0.204. The highest BCUT2D eigenvalue weighted by atomic mass is 19.1. The van der Waals surface area contributed by atoms with Gasteiger partial charge in [0.1, 0.15) is 23.2 Å². The zero-order valence-corrected chi connectivity index (χ0v) is 19.5. The summed E-state index contributed by atoms with van der Waals surface area (Å²) in [5.41, 5.74) is 2.75. The number of halogens is 2. The van der Waals surface area contributed by atoms with E-state index in [1.165, 1.54) is 25.0 Å². The lowest BCUT2D eigenvalue weighted by Gasteiger charge is -2.28. The van der Waals surface area contributed by atoms with Gasteiger partial charge in [-0.25, -0.2) is 23.7 Å². The number of ether oxygens (including phenoxy) is 2. The van der Waals surface area contributed by atoms with Crippen molar-refractivity contribution in [2.24, 2.45) is 0 Å². The van der Waals surface area contributed by atoms with Gasteiger partial charge >= 0.3 is 0 Å². The van der Waals surface area contributed by atoms with Gasteiger partial charge in [0.15, 0.2) is 5.65 Å². The molecule has 6 rings (SSSR count). The van der Waals surface area contributed by atoms with E-state index >= 15 is 0 Å². The second-order valence-corrected chi connectivity index (χ2v) is 9.27. The fraction of sp³-hybridized carbons (Fsp3) is 0.385. The summed E-state index contributed by atoms with van der Waals surface area (Å²) in [6, 6.07) is 5.77. The molecule has 4 heterocycles. The molecule has 4 aromatic rings. The molecule has 0 unspecified atom stereocenters. The highest BCUT2D eigenvalue weighted by Crippen LogP contribution is 2.40. The normalized spacial score (nSPS) is 20.3. The Labute approximate surface area is 201 Å². The number of methoxy groups -OCH3 is 1. The molecule has 0 bridgehead atoms. The molecule has 1 aromatic carbocycles. The van der Waals surface area contributed by atoms with Crippen LogP contribution in [0.4, 0.5) is 8.78 Å². The highest BCUT2D eigenvalue weighted by Gasteiger charge is 2.31. The smallest absolute Gasteiger partial charge is 0.163 e. The lowest BCUT2D eigenvalue weighted by molar-refractivity contribution is 0.00396. The Kier molecular flexibility index (Phi) is 5.44. The number of hydrogen-bond acceptors (Lipinski definition) is 6. The van der Waals surface area contributed by atoms with Crippen LogP contribution in [-0.4, -0.2) is 38.4 Å². The third-order valence-electron chi connectivity index (χ3n) is 6.82. The standard InChI is InChI=1S/C26H25F2N5O2/c1-14-22(34-2)11-20-24(19-6-3-17(27)10-21(19)28)31-25(32-26(20)30-14)15-7-8-35-23(9-15)16-12-29-33(13-16)18-4-5-18/h3,6,10-13,15,18,23H,4-5,7-9H2,1-2H3/t15-,23-/m1/s1. The maximum atomic E-state index is 14.9. The number of nitrogens with zero attached hydrogens (tertiary/aromatic N) is 5. The molecule has 0 spiro atoms. The van der Waals surface area contributed by atoms with Gasteiger partial charge in [0.05, 0.1) is 36.8 Å². The van der Waals surface area contributed by atoms with Gasteiger partial charge < -0.3 is 9.47 Å². The minimum absolute atomic E-state index is 0.00566.